The fourth-order valence-electron chi connectivity index (χ4n) is 6.13. The Bertz CT molecular complexity index is 1160. The molecule has 0 saturated carbocycles. The smallest absolute Gasteiger partial charge is 0.320 e. The van der Waals surface area contributed by atoms with Crippen LogP contribution in [0.25, 0.3) is 10.8 Å². The molecule has 4 heterocycles. The van der Waals surface area contributed by atoms with E-state index in [1.807, 2.05) is 4.90 Å². The molecule has 0 aromatic heterocycles. The van der Waals surface area contributed by atoms with E-state index in [9.17, 15) is 9.00 Å². The molecule has 178 valence electrons. The molecule has 7 heteroatoms. The van der Waals surface area contributed by atoms with Gasteiger partial charge in [0.25, 0.3) is 0 Å². The van der Waals surface area contributed by atoms with Crippen LogP contribution in [0.15, 0.2) is 36.4 Å². The highest BCUT2D eigenvalue weighted by molar-refractivity contribution is 8.00. The van der Waals surface area contributed by atoms with Crippen molar-refractivity contribution in [2.75, 3.05) is 49.7 Å². The summed E-state index contributed by atoms with van der Waals surface area (Å²) in [6.45, 7) is 7.37. The average molecular weight is 470 g/mol. The number of rotatable bonds is 2. The number of fused-ring (bicyclic) bond motifs is 5. The van der Waals surface area contributed by atoms with Gasteiger partial charge in [0.15, 0.2) is 0 Å². The third-order valence-corrected chi connectivity index (χ3v) is 9.76. The van der Waals surface area contributed by atoms with Crippen molar-refractivity contribution in [2.24, 2.45) is 5.41 Å². The molecule has 33 heavy (non-hydrogen) atoms. The zero-order valence-corrected chi connectivity index (χ0v) is 20.8. The molecule has 2 unspecified atom stereocenters. The monoisotopic (exact) mass is 469 g/mol. The summed E-state index contributed by atoms with van der Waals surface area (Å²) in [4.78, 5) is 20.1. The van der Waals surface area contributed by atoms with E-state index in [1.165, 1.54) is 11.1 Å². The highest BCUT2D eigenvalue weighted by atomic mass is 32.2. The van der Waals surface area contributed by atoms with Gasteiger partial charge in [0.1, 0.15) is 5.75 Å². The van der Waals surface area contributed by atoms with Gasteiger partial charge in [-0.05, 0) is 45.8 Å². The number of hydrogen-bond acceptors (Lipinski definition) is 4. The van der Waals surface area contributed by atoms with E-state index in [4.69, 9.17) is 4.74 Å². The number of methoxy groups -OCH3 is 1. The second-order valence-electron chi connectivity index (χ2n) is 10.5. The van der Waals surface area contributed by atoms with Crippen LogP contribution in [0.3, 0.4) is 0 Å². The van der Waals surface area contributed by atoms with Crippen molar-refractivity contribution in [1.29, 1.82) is 0 Å². The second kappa shape index (κ2) is 8.12. The molecule has 0 radical (unpaired) electrons. The molecule has 2 bridgehead atoms. The molecule has 4 fully saturated rings. The normalized spacial score (nSPS) is 26.3. The van der Waals surface area contributed by atoms with E-state index < -0.39 is 9.52 Å². The quantitative estimate of drug-likeness (QED) is 0.630. The third-order valence-electron chi connectivity index (χ3n) is 7.90. The summed E-state index contributed by atoms with van der Waals surface area (Å²) in [7, 11) is -0.301. The predicted octanol–water partition coefficient (Wildman–Crippen LogP) is 3.68. The molecule has 4 saturated heterocycles. The SMILES string of the molecule is C=S1(=O)CCN(C(=O)N2CCC3N(c4ccc(OC)c5ccccc45)CC2CC3(C)C)CC1. The predicted molar refractivity (Wildman–Crippen MR) is 137 cm³/mol. The van der Waals surface area contributed by atoms with Crippen LogP contribution >= 0.6 is 0 Å². The van der Waals surface area contributed by atoms with Crippen LogP contribution in [-0.2, 0) is 9.52 Å². The molecule has 0 aliphatic carbocycles. The topological polar surface area (TPSA) is 53.1 Å². The summed E-state index contributed by atoms with van der Waals surface area (Å²) in [5.74, 6) is 5.75. The number of ether oxygens (including phenoxy) is 1. The average Bonchev–Trinajstić information content (AvgIpc) is 3.04. The first-order chi connectivity index (χ1) is 15.7. The van der Waals surface area contributed by atoms with Gasteiger partial charge in [-0.3, -0.25) is 4.21 Å². The van der Waals surface area contributed by atoms with Crippen molar-refractivity contribution in [1.82, 2.24) is 9.80 Å². The summed E-state index contributed by atoms with van der Waals surface area (Å²) < 4.78 is 17.9. The van der Waals surface area contributed by atoms with Gasteiger partial charge in [0.2, 0.25) is 0 Å². The molecular formula is C26H35N3O3S. The maximum absolute atomic E-state index is 13.6. The van der Waals surface area contributed by atoms with Gasteiger partial charge in [-0.1, -0.05) is 38.1 Å². The summed E-state index contributed by atoms with van der Waals surface area (Å²) in [5.41, 5.74) is 1.31. The highest BCUT2D eigenvalue weighted by Crippen LogP contribution is 2.46. The molecule has 0 N–H and O–H groups in total. The van der Waals surface area contributed by atoms with Gasteiger partial charge in [0, 0.05) is 60.2 Å². The molecule has 0 spiro atoms. The van der Waals surface area contributed by atoms with Crippen LogP contribution in [0.2, 0.25) is 0 Å². The van der Waals surface area contributed by atoms with Crippen molar-refractivity contribution >= 4 is 37.9 Å². The number of urea groups is 1. The van der Waals surface area contributed by atoms with Crippen molar-refractivity contribution in [3.8, 4) is 5.75 Å². The summed E-state index contributed by atoms with van der Waals surface area (Å²) in [5, 5.41) is 2.31. The zero-order valence-electron chi connectivity index (χ0n) is 20.0. The molecule has 4 aliphatic heterocycles. The Morgan fingerprint density at radius 2 is 1.79 bits per heavy atom. The fourth-order valence-corrected chi connectivity index (χ4v) is 7.44. The van der Waals surface area contributed by atoms with Gasteiger partial charge in [-0.2, -0.15) is 0 Å². The molecule has 6 nitrogen and oxygen atoms in total. The number of carbonyl (C=O) groups excluding carboxylic acids is 1. The van der Waals surface area contributed by atoms with E-state index in [1.54, 1.807) is 7.11 Å². The lowest BCUT2D eigenvalue weighted by atomic mass is 9.74. The Morgan fingerprint density at radius 1 is 1.09 bits per heavy atom. The van der Waals surface area contributed by atoms with Crippen molar-refractivity contribution in [2.45, 2.75) is 38.8 Å². The molecule has 2 aromatic carbocycles. The van der Waals surface area contributed by atoms with E-state index in [2.05, 4.69) is 65.9 Å². The Balaban J connectivity index is 1.48. The summed E-state index contributed by atoms with van der Waals surface area (Å²) in [6.07, 6.45) is 1.93. The number of amides is 2. The number of anilines is 1. The zero-order chi connectivity index (χ0) is 23.4. The number of benzene rings is 2. The maximum Gasteiger partial charge on any atom is 0.320 e. The Kier molecular flexibility index (Phi) is 5.51. The van der Waals surface area contributed by atoms with Crippen molar-refractivity contribution < 1.29 is 13.7 Å². The van der Waals surface area contributed by atoms with Crippen LogP contribution in [0, 0.1) is 5.41 Å². The first-order valence-electron chi connectivity index (χ1n) is 11.9. The number of carbonyl (C=O) groups is 1. The minimum absolute atomic E-state index is 0.0858. The molecular weight excluding hydrogens is 434 g/mol. The van der Waals surface area contributed by atoms with Crippen LogP contribution < -0.4 is 9.64 Å². The van der Waals surface area contributed by atoms with E-state index in [-0.39, 0.29) is 17.5 Å². The Hall–Kier alpha value is -2.41. The third kappa shape index (κ3) is 3.94. The molecule has 2 aromatic rings. The van der Waals surface area contributed by atoms with Crippen LogP contribution in [0.4, 0.5) is 10.5 Å². The first kappa shape index (κ1) is 22.4. The van der Waals surface area contributed by atoms with Gasteiger partial charge >= 0.3 is 6.03 Å². The van der Waals surface area contributed by atoms with Gasteiger partial charge in [0.05, 0.1) is 13.2 Å². The highest BCUT2D eigenvalue weighted by Gasteiger charge is 2.48. The summed E-state index contributed by atoms with van der Waals surface area (Å²) in [6, 6.07) is 13.3. The minimum Gasteiger partial charge on any atom is -0.496 e. The number of nitrogens with zero attached hydrogens (tertiary/aromatic N) is 3. The lowest BCUT2D eigenvalue weighted by Gasteiger charge is -2.50. The molecule has 4 aliphatic rings. The molecule has 2 atom stereocenters. The molecule has 2 amide bonds. The minimum atomic E-state index is -2.02. The Morgan fingerprint density at radius 3 is 2.48 bits per heavy atom. The van der Waals surface area contributed by atoms with Crippen molar-refractivity contribution in [3.05, 3.63) is 36.4 Å². The number of piperidine rings is 1. The largest absolute Gasteiger partial charge is 0.496 e. The van der Waals surface area contributed by atoms with Crippen LogP contribution in [0.1, 0.15) is 26.7 Å². The summed E-state index contributed by atoms with van der Waals surface area (Å²) >= 11 is 0. The lowest BCUT2D eigenvalue weighted by molar-refractivity contribution is 0.122. The van der Waals surface area contributed by atoms with Gasteiger partial charge in [-0.25, -0.2) is 4.79 Å². The van der Waals surface area contributed by atoms with E-state index in [0.717, 1.165) is 37.1 Å². The van der Waals surface area contributed by atoms with E-state index >= 15 is 0 Å². The first-order valence-corrected chi connectivity index (χ1v) is 14.0. The van der Waals surface area contributed by atoms with Gasteiger partial charge < -0.3 is 19.4 Å². The van der Waals surface area contributed by atoms with Crippen molar-refractivity contribution in [3.63, 3.8) is 0 Å². The van der Waals surface area contributed by atoms with E-state index in [0.29, 0.717) is 30.6 Å². The Labute approximate surface area is 197 Å². The van der Waals surface area contributed by atoms with Crippen LogP contribution in [-0.4, -0.2) is 82.8 Å². The molecule has 6 rings (SSSR count). The maximum atomic E-state index is 13.6. The standard InChI is InChI=1S/C26H35N3O3S/c1-26(2)17-19-18-29(22-9-10-23(32-3)21-8-6-5-7-20(21)22)24(26)11-12-28(19)25(30)27-13-15-33(4,31)16-14-27/h5-10,19,24H,4,11-18H2,1-3H3. The van der Waals surface area contributed by atoms with Gasteiger partial charge in [-0.15, -0.1) is 0 Å². The number of hydrogen-bond donors (Lipinski definition) is 0. The second-order valence-corrected chi connectivity index (χ2v) is 13.2. The lowest BCUT2D eigenvalue weighted by Crippen LogP contribution is -2.58. The van der Waals surface area contributed by atoms with Crippen LogP contribution in [0.5, 0.6) is 5.75 Å². The fraction of sp³-hybridized carbons (Fsp3) is 0.538.